The molecule has 3 aliphatic carbocycles. The maximum Gasteiger partial charge on any atom is 0.156 e. The second-order valence-electron chi connectivity index (χ2n) is 8.90. The fourth-order valence-corrected chi connectivity index (χ4v) is 5.28. The number of hydrogen-bond acceptors (Lipinski definition) is 2. The summed E-state index contributed by atoms with van der Waals surface area (Å²) in [5.41, 5.74) is 0.781. The monoisotopic (exact) mass is 300 g/mol. The Morgan fingerprint density at radius 1 is 1.14 bits per heavy atom. The van der Waals surface area contributed by atoms with Crippen LogP contribution in [-0.2, 0) is 9.59 Å². The van der Waals surface area contributed by atoms with Gasteiger partial charge in [0.1, 0.15) is 5.78 Å². The Labute approximate surface area is 134 Å². The lowest BCUT2D eigenvalue weighted by Gasteiger charge is -2.57. The normalized spacial score (nSPS) is 43.9. The molecule has 0 N–H and O–H groups in total. The van der Waals surface area contributed by atoms with Gasteiger partial charge in [-0.3, -0.25) is 9.59 Å². The number of Topliss-reactive ketones (excluding diaryl/α,β-unsaturated/α-hetero) is 1. The molecule has 2 saturated carbocycles. The van der Waals surface area contributed by atoms with Crippen molar-refractivity contribution >= 4 is 11.6 Å². The minimum absolute atomic E-state index is 0.0252. The molecule has 0 heterocycles. The van der Waals surface area contributed by atoms with Gasteiger partial charge in [-0.2, -0.15) is 0 Å². The molecule has 0 unspecified atom stereocenters. The molecule has 0 aromatic rings. The molecule has 22 heavy (non-hydrogen) atoms. The summed E-state index contributed by atoms with van der Waals surface area (Å²) >= 11 is 0. The largest absolute Gasteiger partial charge is 0.299 e. The van der Waals surface area contributed by atoms with E-state index in [0.717, 1.165) is 19.3 Å². The lowest BCUT2D eigenvalue weighted by atomic mass is 9.47. The summed E-state index contributed by atoms with van der Waals surface area (Å²) in [5.74, 6) is 1.46. The topological polar surface area (TPSA) is 34.1 Å². The van der Waals surface area contributed by atoms with E-state index in [1.807, 2.05) is 19.1 Å². The Morgan fingerprint density at radius 2 is 1.82 bits per heavy atom. The van der Waals surface area contributed by atoms with E-state index in [2.05, 4.69) is 27.4 Å². The summed E-state index contributed by atoms with van der Waals surface area (Å²) < 4.78 is 0. The van der Waals surface area contributed by atoms with Crippen LogP contribution in [0.5, 0.6) is 0 Å². The zero-order valence-electron chi connectivity index (χ0n) is 14.4. The van der Waals surface area contributed by atoms with Crippen molar-refractivity contribution < 1.29 is 9.59 Å². The first-order valence-electron chi connectivity index (χ1n) is 8.54. The predicted molar refractivity (Wildman–Crippen MR) is 88.4 cm³/mol. The minimum atomic E-state index is -0.383. The van der Waals surface area contributed by atoms with Crippen molar-refractivity contribution in [2.24, 2.45) is 28.1 Å². The van der Waals surface area contributed by atoms with Gasteiger partial charge in [-0.15, -0.1) is 6.58 Å². The van der Waals surface area contributed by atoms with E-state index in [9.17, 15) is 9.59 Å². The second-order valence-corrected chi connectivity index (χ2v) is 8.90. The van der Waals surface area contributed by atoms with Crippen LogP contribution in [0.3, 0.4) is 0 Å². The number of carbonyl (C=O) groups excluding carboxylic acids is 2. The number of allylic oxidation sites excluding steroid dienone is 3. The maximum atomic E-state index is 12.7. The summed E-state index contributed by atoms with van der Waals surface area (Å²) in [5, 5.41) is 0. The molecule has 2 fully saturated rings. The van der Waals surface area contributed by atoms with Gasteiger partial charge in [-0.1, -0.05) is 32.4 Å². The van der Waals surface area contributed by atoms with Gasteiger partial charge in [0.2, 0.25) is 0 Å². The Morgan fingerprint density at radius 3 is 2.45 bits per heavy atom. The third-order valence-corrected chi connectivity index (χ3v) is 6.92. The Balaban J connectivity index is 2.04. The van der Waals surface area contributed by atoms with Crippen LogP contribution in [0, 0.1) is 28.1 Å². The highest BCUT2D eigenvalue weighted by atomic mass is 16.1. The fraction of sp³-hybridized carbons (Fsp3) is 0.700. The molecule has 0 aromatic heterocycles. The van der Waals surface area contributed by atoms with Crippen molar-refractivity contribution in [3.8, 4) is 0 Å². The van der Waals surface area contributed by atoms with Gasteiger partial charge in [0.25, 0.3) is 0 Å². The molecule has 2 nitrogen and oxygen atoms in total. The Kier molecular flexibility index (Phi) is 3.33. The van der Waals surface area contributed by atoms with Crippen molar-refractivity contribution in [1.29, 1.82) is 0 Å². The smallest absolute Gasteiger partial charge is 0.156 e. The lowest BCUT2D eigenvalue weighted by Crippen LogP contribution is -2.52. The number of ketones is 2. The zero-order valence-corrected chi connectivity index (χ0v) is 14.4. The number of rotatable bonds is 1. The van der Waals surface area contributed by atoms with E-state index in [1.165, 1.54) is 5.57 Å². The molecule has 120 valence electrons. The van der Waals surface area contributed by atoms with Crippen LogP contribution in [0.15, 0.2) is 24.3 Å². The summed E-state index contributed by atoms with van der Waals surface area (Å²) in [7, 11) is 0. The molecular formula is C20H28O2. The maximum absolute atomic E-state index is 12.7. The van der Waals surface area contributed by atoms with Gasteiger partial charge in [-0.05, 0) is 54.9 Å². The van der Waals surface area contributed by atoms with Crippen LogP contribution in [0.4, 0.5) is 0 Å². The van der Waals surface area contributed by atoms with Crippen molar-refractivity contribution in [2.75, 3.05) is 0 Å². The zero-order chi connectivity index (χ0) is 16.3. The first-order valence-corrected chi connectivity index (χ1v) is 8.54. The predicted octanol–water partition coefficient (Wildman–Crippen LogP) is 4.50. The Hall–Kier alpha value is -1.18. The van der Waals surface area contributed by atoms with Crippen molar-refractivity contribution in [3.63, 3.8) is 0 Å². The van der Waals surface area contributed by atoms with Crippen LogP contribution in [0.2, 0.25) is 0 Å². The van der Waals surface area contributed by atoms with Gasteiger partial charge in [0.15, 0.2) is 5.78 Å². The minimum Gasteiger partial charge on any atom is -0.299 e. The molecule has 3 aliphatic rings. The van der Waals surface area contributed by atoms with Crippen LogP contribution in [0.25, 0.3) is 0 Å². The number of fused-ring (bicyclic) bond motifs is 3. The number of carbonyl (C=O) groups is 2. The third-order valence-electron chi connectivity index (χ3n) is 6.92. The quantitative estimate of drug-likeness (QED) is 0.668. The third kappa shape index (κ3) is 2.06. The summed E-state index contributed by atoms with van der Waals surface area (Å²) in [4.78, 5) is 25.0. The molecule has 3 rings (SSSR count). The van der Waals surface area contributed by atoms with Gasteiger partial charge >= 0.3 is 0 Å². The highest BCUT2D eigenvalue weighted by Crippen LogP contribution is 2.62. The summed E-state index contributed by atoms with van der Waals surface area (Å²) in [6.45, 7) is 12.6. The molecule has 4 atom stereocenters. The molecule has 0 spiro atoms. The Bertz CT molecular complexity index is 583. The SMILES string of the molecule is C=C[C@]1(C)C[C@@H]2CC[C@@H]3C(=CC(=O)CC3(C)C)[C@@]2(C)CC1=O. The van der Waals surface area contributed by atoms with Crippen molar-refractivity contribution in [3.05, 3.63) is 24.3 Å². The average molecular weight is 300 g/mol. The van der Waals surface area contributed by atoms with Gasteiger partial charge < -0.3 is 0 Å². The molecule has 0 amide bonds. The average Bonchev–Trinajstić information content (AvgIpc) is 2.40. The van der Waals surface area contributed by atoms with Gasteiger partial charge in [0, 0.05) is 18.3 Å². The van der Waals surface area contributed by atoms with E-state index in [1.54, 1.807) is 0 Å². The molecular weight excluding hydrogens is 272 g/mol. The van der Waals surface area contributed by atoms with Crippen molar-refractivity contribution in [1.82, 2.24) is 0 Å². The molecule has 2 heteroatoms. The fourth-order valence-electron chi connectivity index (χ4n) is 5.28. The van der Waals surface area contributed by atoms with Crippen molar-refractivity contribution in [2.45, 2.75) is 59.8 Å². The van der Waals surface area contributed by atoms with Crippen LogP contribution >= 0.6 is 0 Å². The van der Waals surface area contributed by atoms with Crippen LogP contribution in [0.1, 0.15) is 59.8 Å². The lowest BCUT2D eigenvalue weighted by molar-refractivity contribution is -0.136. The van der Waals surface area contributed by atoms with E-state index in [0.29, 0.717) is 30.5 Å². The summed E-state index contributed by atoms with van der Waals surface area (Å²) in [6, 6.07) is 0. The number of hydrogen-bond donors (Lipinski definition) is 0. The highest BCUT2D eigenvalue weighted by molar-refractivity contribution is 5.93. The molecule has 0 aromatic carbocycles. The second kappa shape index (κ2) is 4.66. The van der Waals surface area contributed by atoms with Gasteiger partial charge in [-0.25, -0.2) is 0 Å². The molecule has 0 saturated heterocycles. The van der Waals surface area contributed by atoms with Crippen LogP contribution < -0.4 is 0 Å². The van der Waals surface area contributed by atoms with E-state index < -0.39 is 0 Å². The highest BCUT2D eigenvalue weighted by Gasteiger charge is 2.56. The standard InChI is InChI=1S/C20H28O2/c1-6-19(4)10-13-7-8-15-16(20(13,5)12-17(19)22)9-14(21)11-18(15,2)3/h6,9,13,15H,1,7-8,10-12H2,2-5H3/t13-,15+,19+,20-/m0/s1. The van der Waals surface area contributed by atoms with Crippen LogP contribution in [-0.4, -0.2) is 11.6 Å². The van der Waals surface area contributed by atoms with E-state index in [4.69, 9.17) is 0 Å². The molecule has 0 aliphatic heterocycles. The van der Waals surface area contributed by atoms with E-state index >= 15 is 0 Å². The first-order chi connectivity index (χ1) is 10.1. The van der Waals surface area contributed by atoms with Gasteiger partial charge in [0.05, 0.1) is 0 Å². The first kappa shape index (κ1) is 15.7. The molecule has 0 bridgehead atoms. The molecule has 0 radical (unpaired) electrons. The summed E-state index contributed by atoms with van der Waals surface area (Å²) in [6.07, 6.45) is 8.12. The van der Waals surface area contributed by atoms with E-state index in [-0.39, 0.29) is 22.0 Å².